The van der Waals surface area contributed by atoms with Crippen molar-refractivity contribution in [3.63, 3.8) is 0 Å². The number of nitrogens with one attached hydrogen (secondary N) is 2. The van der Waals surface area contributed by atoms with Gasteiger partial charge in [-0.05, 0) is 56.2 Å². The lowest BCUT2D eigenvalue weighted by Gasteiger charge is -2.21. The van der Waals surface area contributed by atoms with Gasteiger partial charge in [-0.15, -0.1) is 37.1 Å². The first kappa shape index (κ1) is 27.8. The van der Waals surface area contributed by atoms with Crippen molar-refractivity contribution in [1.82, 2.24) is 10.6 Å². The minimum absolute atomic E-state index is 0. The van der Waals surface area contributed by atoms with Gasteiger partial charge in [-0.2, -0.15) is 0 Å². The molecule has 10 heteroatoms. The summed E-state index contributed by atoms with van der Waals surface area (Å²) in [7, 11) is 0. The van der Waals surface area contributed by atoms with Crippen LogP contribution in [-0.4, -0.2) is 58.4 Å². The van der Waals surface area contributed by atoms with Gasteiger partial charge in [0.05, 0.1) is 0 Å². The molecule has 2 N–H and O–H groups in total. The second-order valence-electron chi connectivity index (χ2n) is 7.11. The van der Waals surface area contributed by atoms with Gasteiger partial charge in [-0.3, -0.25) is 4.99 Å². The summed E-state index contributed by atoms with van der Waals surface area (Å²) in [6.45, 7) is 7.16. The van der Waals surface area contributed by atoms with Gasteiger partial charge < -0.3 is 24.8 Å². The van der Waals surface area contributed by atoms with Crippen molar-refractivity contribution >= 4 is 29.9 Å². The van der Waals surface area contributed by atoms with E-state index in [9.17, 15) is 13.2 Å². The smallest absolute Gasteiger partial charge is 0.406 e. The first-order valence-corrected chi connectivity index (χ1v) is 10.5. The van der Waals surface area contributed by atoms with Crippen molar-refractivity contribution in [3.05, 3.63) is 29.8 Å². The van der Waals surface area contributed by atoms with Crippen molar-refractivity contribution in [3.8, 4) is 5.75 Å². The van der Waals surface area contributed by atoms with Crippen LogP contribution in [0.4, 0.5) is 13.2 Å². The Kier molecular flexibility index (Phi) is 13.9. The van der Waals surface area contributed by atoms with E-state index >= 15 is 0 Å². The van der Waals surface area contributed by atoms with Crippen LogP contribution in [0.25, 0.3) is 0 Å². The normalized spacial score (nSPS) is 15.3. The largest absolute Gasteiger partial charge is 0.573 e. The number of aliphatic imine (C=N–C) groups is 1. The van der Waals surface area contributed by atoms with Crippen LogP contribution < -0.4 is 15.4 Å². The molecule has 1 aromatic carbocycles. The SMILES string of the molecule is CCNC(=NCCCOCC1CCOCC1)NCCc1ccc(OC(F)(F)F)cc1.I. The predicted octanol–water partition coefficient (Wildman–Crippen LogP) is 4.13. The van der Waals surface area contributed by atoms with Crippen LogP contribution in [0.3, 0.4) is 0 Å². The summed E-state index contributed by atoms with van der Waals surface area (Å²) in [5, 5.41) is 6.42. The van der Waals surface area contributed by atoms with E-state index in [1.54, 1.807) is 12.1 Å². The minimum atomic E-state index is -4.67. The molecule has 0 aliphatic carbocycles. The number of nitrogens with zero attached hydrogens (tertiary/aromatic N) is 1. The third-order valence-corrected chi connectivity index (χ3v) is 4.62. The Labute approximate surface area is 199 Å². The summed E-state index contributed by atoms with van der Waals surface area (Å²) in [5.74, 6) is 1.11. The Morgan fingerprint density at radius 1 is 1.16 bits per heavy atom. The number of guanidine groups is 1. The van der Waals surface area contributed by atoms with Gasteiger partial charge >= 0.3 is 6.36 Å². The predicted molar refractivity (Wildman–Crippen MR) is 125 cm³/mol. The Morgan fingerprint density at radius 3 is 2.52 bits per heavy atom. The zero-order valence-corrected chi connectivity index (χ0v) is 20.2. The number of hydrogen-bond donors (Lipinski definition) is 2. The van der Waals surface area contributed by atoms with Crippen LogP contribution in [0, 0.1) is 5.92 Å². The Morgan fingerprint density at radius 2 is 1.87 bits per heavy atom. The lowest BCUT2D eigenvalue weighted by Crippen LogP contribution is -2.38. The average Bonchev–Trinajstić information content (AvgIpc) is 2.71. The highest BCUT2D eigenvalue weighted by Gasteiger charge is 2.30. The van der Waals surface area contributed by atoms with Crippen LogP contribution in [0.1, 0.15) is 31.7 Å². The summed E-state index contributed by atoms with van der Waals surface area (Å²) in [5.41, 5.74) is 0.911. The molecule has 0 aromatic heterocycles. The highest BCUT2D eigenvalue weighted by molar-refractivity contribution is 14.0. The molecule has 1 saturated heterocycles. The van der Waals surface area contributed by atoms with E-state index in [0.29, 0.717) is 32.0 Å². The van der Waals surface area contributed by atoms with Gasteiger partial charge in [0.2, 0.25) is 0 Å². The molecule has 1 heterocycles. The standard InChI is InChI=1S/C21H32F3N3O3.HI/c1-2-25-20(26-11-3-13-29-16-18-9-14-28-15-10-18)27-12-8-17-4-6-19(7-5-17)30-21(22,23)24;/h4-7,18H,2-3,8-16H2,1H3,(H2,25,26,27);1H. The number of hydrogen-bond acceptors (Lipinski definition) is 4. The van der Waals surface area contributed by atoms with Gasteiger partial charge in [0.1, 0.15) is 5.75 Å². The summed E-state index contributed by atoms with van der Waals surface area (Å²) < 4.78 is 51.6. The fraction of sp³-hybridized carbons (Fsp3) is 0.667. The second kappa shape index (κ2) is 15.5. The molecule has 6 nitrogen and oxygen atoms in total. The molecular weight excluding hydrogens is 526 g/mol. The van der Waals surface area contributed by atoms with Gasteiger partial charge in [0.25, 0.3) is 0 Å². The quantitative estimate of drug-likeness (QED) is 0.185. The maximum absolute atomic E-state index is 12.2. The van der Waals surface area contributed by atoms with E-state index in [-0.39, 0.29) is 29.7 Å². The van der Waals surface area contributed by atoms with Crippen molar-refractivity contribution in [2.24, 2.45) is 10.9 Å². The lowest BCUT2D eigenvalue weighted by atomic mass is 10.0. The minimum Gasteiger partial charge on any atom is -0.406 e. The Bertz CT molecular complexity index is 625. The zero-order valence-electron chi connectivity index (χ0n) is 17.9. The average molecular weight is 559 g/mol. The van der Waals surface area contributed by atoms with Crippen molar-refractivity contribution in [1.29, 1.82) is 0 Å². The summed E-state index contributed by atoms with van der Waals surface area (Å²) in [6, 6.07) is 5.90. The first-order chi connectivity index (χ1) is 14.5. The van der Waals surface area contributed by atoms with Crippen LogP contribution >= 0.6 is 24.0 Å². The van der Waals surface area contributed by atoms with Crippen LogP contribution in [-0.2, 0) is 15.9 Å². The molecule has 0 amide bonds. The van der Waals surface area contributed by atoms with Gasteiger partial charge in [-0.1, -0.05) is 12.1 Å². The van der Waals surface area contributed by atoms with E-state index in [2.05, 4.69) is 20.4 Å². The topological polar surface area (TPSA) is 64.1 Å². The maximum Gasteiger partial charge on any atom is 0.573 e. The first-order valence-electron chi connectivity index (χ1n) is 10.5. The van der Waals surface area contributed by atoms with Crippen LogP contribution in [0.5, 0.6) is 5.75 Å². The number of rotatable bonds is 11. The van der Waals surface area contributed by atoms with Crippen LogP contribution in [0.15, 0.2) is 29.3 Å². The number of alkyl halides is 3. The molecule has 1 fully saturated rings. The van der Waals surface area contributed by atoms with Gasteiger partial charge in [0.15, 0.2) is 5.96 Å². The van der Waals surface area contributed by atoms with E-state index in [0.717, 1.165) is 57.2 Å². The Balaban J connectivity index is 0.00000480. The van der Waals surface area contributed by atoms with E-state index in [4.69, 9.17) is 9.47 Å². The Hall–Kier alpha value is -1.27. The molecular formula is C21H33F3IN3O3. The molecule has 2 rings (SSSR count). The van der Waals surface area contributed by atoms with Gasteiger partial charge in [-0.25, -0.2) is 0 Å². The summed E-state index contributed by atoms with van der Waals surface area (Å²) in [6.07, 6.45) is -1.02. The molecule has 0 atom stereocenters. The highest BCUT2D eigenvalue weighted by Crippen LogP contribution is 2.22. The van der Waals surface area contributed by atoms with Crippen molar-refractivity contribution < 1.29 is 27.4 Å². The molecule has 0 saturated carbocycles. The molecule has 0 unspecified atom stereocenters. The summed E-state index contributed by atoms with van der Waals surface area (Å²) in [4.78, 5) is 4.53. The molecule has 1 aliphatic heterocycles. The molecule has 178 valence electrons. The van der Waals surface area contributed by atoms with Crippen molar-refractivity contribution in [2.45, 2.75) is 39.0 Å². The summed E-state index contributed by atoms with van der Waals surface area (Å²) >= 11 is 0. The van der Waals surface area contributed by atoms with E-state index in [1.807, 2.05) is 6.92 Å². The molecule has 0 bridgehead atoms. The molecule has 31 heavy (non-hydrogen) atoms. The maximum atomic E-state index is 12.2. The zero-order chi connectivity index (χ0) is 21.7. The van der Waals surface area contributed by atoms with E-state index < -0.39 is 6.36 Å². The van der Waals surface area contributed by atoms with Gasteiger partial charge in [0, 0.05) is 46.1 Å². The fourth-order valence-electron chi connectivity index (χ4n) is 3.05. The van der Waals surface area contributed by atoms with Crippen molar-refractivity contribution in [2.75, 3.05) is 46.1 Å². The third kappa shape index (κ3) is 13.0. The third-order valence-electron chi connectivity index (χ3n) is 4.62. The van der Waals surface area contributed by atoms with Crippen LogP contribution in [0.2, 0.25) is 0 Å². The molecule has 1 aliphatic rings. The monoisotopic (exact) mass is 559 g/mol. The molecule has 1 aromatic rings. The number of ether oxygens (including phenoxy) is 3. The molecule has 0 spiro atoms. The second-order valence-corrected chi connectivity index (χ2v) is 7.11. The number of benzene rings is 1. The van der Waals surface area contributed by atoms with E-state index in [1.165, 1.54) is 12.1 Å². The molecule has 0 radical (unpaired) electrons. The fourth-order valence-corrected chi connectivity index (χ4v) is 3.05. The highest BCUT2D eigenvalue weighted by atomic mass is 127. The lowest BCUT2D eigenvalue weighted by molar-refractivity contribution is -0.274. The number of halogens is 4.